The summed E-state index contributed by atoms with van der Waals surface area (Å²) in [6.45, 7) is 2.56. The van der Waals surface area contributed by atoms with Crippen LogP contribution in [0.2, 0.25) is 0 Å². The van der Waals surface area contributed by atoms with Gasteiger partial charge in [0.1, 0.15) is 0 Å². The van der Waals surface area contributed by atoms with Gasteiger partial charge in [-0.15, -0.1) is 0 Å². The van der Waals surface area contributed by atoms with Gasteiger partial charge in [0.15, 0.2) is 11.6 Å². The molecule has 1 atom stereocenters. The summed E-state index contributed by atoms with van der Waals surface area (Å²) in [6, 6.07) is 3.65. The van der Waals surface area contributed by atoms with Crippen molar-refractivity contribution in [2.75, 3.05) is 6.67 Å². The normalized spacial score (nSPS) is 13.0. The maximum atomic E-state index is 12.9. The lowest BCUT2D eigenvalue weighted by atomic mass is 10.0. The summed E-state index contributed by atoms with van der Waals surface area (Å²) in [7, 11) is 0. The average molecular weight is 173 g/mol. The van der Waals surface area contributed by atoms with E-state index in [0.29, 0.717) is 0 Å². The minimum Gasteiger partial charge on any atom is -0.250 e. The van der Waals surface area contributed by atoms with Crippen molar-refractivity contribution in [1.82, 2.24) is 0 Å². The third kappa shape index (κ3) is 1.60. The molecule has 0 fully saturated rings. The van der Waals surface area contributed by atoms with Crippen molar-refractivity contribution in [3.63, 3.8) is 0 Å². The van der Waals surface area contributed by atoms with E-state index >= 15 is 0 Å². The van der Waals surface area contributed by atoms with Gasteiger partial charge >= 0.3 is 0 Å². The van der Waals surface area contributed by atoms with Crippen molar-refractivity contribution in [2.24, 2.45) is 0 Å². The van der Waals surface area contributed by atoms with Crippen molar-refractivity contribution in [1.29, 1.82) is 0 Å². The van der Waals surface area contributed by atoms with E-state index in [1.807, 2.05) is 0 Å². The Bertz CT molecular complexity index is 270. The monoisotopic (exact) mass is 173 g/mol. The third-order valence-corrected chi connectivity index (χ3v) is 1.61. The van der Waals surface area contributed by atoms with Crippen LogP contribution in [0.1, 0.15) is 11.5 Å². The van der Waals surface area contributed by atoms with E-state index in [-0.39, 0.29) is 5.56 Å². The Balaban J connectivity index is 3.07. The van der Waals surface area contributed by atoms with Gasteiger partial charge in [0.05, 0.1) is 6.67 Å². The fourth-order valence-corrected chi connectivity index (χ4v) is 0.919. The van der Waals surface area contributed by atoms with Gasteiger partial charge in [-0.25, -0.2) is 8.78 Å². The first-order valence-corrected chi connectivity index (χ1v) is 3.49. The first-order valence-electron chi connectivity index (χ1n) is 3.49. The van der Waals surface area contributed by atoms with E-state index in [9.17, 15) is 13.2 Å². The van der Waals surface area contributed by atoms with Gasteiger partial charge < -0.3 is 0 Å². The second-order valence-corrected chi connectivity index (χ2v) is 2.49. The highest BCUT2D eigenvalue weighted by atomic mass is 19.2. The second kappa shape index (κ2) is 3.61. The molecule has 0 N–H and O–H groups in total. The van der Waals surface area contributed by atoms with E-state index in [0.717, 1.165) is 6.07 Å². The number of hydrogen-bond donors (Lipinski definition) is 0. The summed E-state index contributed by atoms with van der Waals surface area (Å²) < 4.78 is 37.4. The molecule has 1 rings (SSSR count). The molecule has 1 radical (unpaired) electrons. The van der Waals surface area contributed by atoms with E-state index in [1.165, 1.54) is 12.1 Å². The molecule has 0 aromatic heterocycles. The van der Waals surface area contributed by atoms with Gasteiger partial charge in [0.25, 0.3) is 0 Å². The molecule has 12 heavy (non-hydrogen) atoms. The van der Waals surface area contributed by atoms with E-state index in [4.69, 9.17) is 0 Å². The minimum absolute atomic E-state index is 0.0162. The number of benzene rings is 1. The molecule has 1 aromatic carbocycles. The molecule has 0 saturated heterocycles. The molecule has 65 valence electrons. The average Bonchev–Trinajstić information content (AvgIpc) is 2.08. The number of halogens is 3. The smallest absolute Gasteiger partial charge is 0.162 e. The molecule has 0 aliphatic heterocycles. The lowest BCUT2D eigenvalue weighted by Crippen LogP contribution is -2.01. The van der Waals surface area contributed by atoms with Crippen molar-refractivity contribution in [3.8, 4) is 0 Å². The summed E-state index contributed by atoms with van der Waals surface area (Å²) in [5, 5.41) is 0. The van der Waals surface area contributed by atoms with Crippen LogP contribution in [-0.2, 0) is 0 Å². The number of alkyl halides is 1. The Morgan fingerprint density at radius 2 is 2.00 bits per heavy atom. The molecule has 3 heteroatoms. The van der Waals surface area contributed by atoms with Crippen LogP contribution in [0.4, 0.5) is 13.2 Å². The standard InChI is InChI=1S/C9H8F3/c1-6(5-10)7-3-2-4-8(11)9(7)12/h2-4,6H,1,5H2. The highest BCUT2D eigenvalue weighted by Gasteiger charge is 2.13. The summed E-state index contributed by atoms with van der Waals surface area (Å²) in [4.78, 5) is 0. The van der Waals surface area contributed by atoms with Gasteiger partial charge in [0, 0.05) is 5.92 Å². The second-order valence-electron chi connectivity index (χ2n) is 2.49. The van der Waals surface area contributed by atoms with Gasteiger partial charge in [0.2, 0.25) is 0 Å². The SMILES string of the molecule is [CH2]C(CF)c1cccc(F)c1F. The van der Waals surface area contributed by atoms with Crippen molar-refractivity contribution in [2.45, 2.75) is 5.92 Å². The predicted octanol–water partition coefficient (Wildman–Crippen LogP) is 2.85. The van der Waals surface area contributed by atoms with Gasteiger partial charge in [-0.05, 0) is 18.6 Å². The molecule has 0 nitrogen and oxygen atoms in total. The Morgan fingerprint density at radius 3 is 2.58 bits per heavy atom. The van der Waals surface area contributed by atoms with Crippen LogP contribution in [0.25, 0.3) is 0 Å². The highest BCUT2D eigenvalue weighted by Crippen LogP contribution is 2.20. The number of rotatable bonds is 2. The Labute approximate surface area is 69.0 Å². The maximum absolute atomic E-state index is 12.9. The van der Waals surface area contributed by atoms with Gasteiger partial charge in [-0.2, -0.15) is 0 Å². The predicted molar refractivity (Wildman–Crippen MR) is 40.4 cm³/mol. The molecule has 0 spiro atoms. The Kier molecular flexibility index (Phi) is 2.74. The van der Waals surface area contributed by atoms with Gasteiger partial charge in [-0.3, -0.25) is 4.39 Å². The van der Waals surface area contributed by atoms with Crippen molar-refractivity contribution in [3.05, 3.63) is 42.3 Å². The minimum atomic E-state index is -1.00. The summed E-state index contributed by atoms with van der Waals surface area (Å²) in [5.41, 5.74) is -0.0162. The fourth-order valence-electron chi connectivity index (χ4n) is 0.919. The first kappa shape index (κ1) is 9.10. The zero-order valence-corrected chi connectivity index (χ0v) is 6.36. The van der Waals surface area contributed by atoms with Crippen LogP contribution in [0.3, 0.4) is 0 Å². The fraction of sp³-hybridized carbons (Fsp3) is 0.222. The van der Waals surface area contributed by atoms with E-state index in [1.54, 1.807) is 0 Å². The Hall–Kier alpha value is -0.990. The van der Waals surface area contributed by atoms with E-state index in [2.05, 4.69) is 6.92 Å². The van der Waals surface area contributed by atoms with Crippen LogP contribution in [0, 0.1) is 18.6 Å². The first-order chi connectivity index (χ1) is 5.66. The van der Waals surface area contributed by atoms with Crippen molar-refractivity contribution < 1.29 is 13.2 Å². The Morgan fingerprint density at radius 1 is 1.33 bits per heavy atom. The van der Waals surface area contributed by atoms with Crippen LogP contribution in [-0.4, -0.2) is 6.67 Å². The molecule has 1 aromatic rings. The molecular formula is C9H8F3. The zero-order chi connectivity index (χ0) is 9.14. The molecule has 0 aliphatic rings. The lowest BCUT2D eigenvalue weighted by molar-refractivity contribution is 0.442. The third-order valence-electron chi connectivity index (χ3n) is 1.61. The van der Waals surface area contributed by atoms with Crippen LogP contribution >= 0.6 is 0 Å². The molecule has 1 unspecified atom stereocenters. The largest absolute Gasteiger partial charge is 0.250 e. The molecule has 0 heterocycles. The molecule has 0 amide bonds. The summed E-state index contributed by atoms with van der Waals surface area (Å²) in [6.07, 6.45) is 0. The summed E-state index contributed by atoms with van der Waals surface area (Å²) in [5.74, 6) is -2.80. The zero-order valence-electron chi connectivity index (χ0n) is 6.36. The van der Waals surface area contributed by atoms with Crippen molar-refractivity contribution >= 4 is 0 Å². The molecule has 0 saturated carbocycles. The molecule has 0 bridgehead atoms. The molecule has 0 aliphatic carbocycles. The summed E-state index contributed by atoms with van der Waals surface area (Å²) >= 11 is 0. The van der Waals surface area contributed by atoms with Crippen LogP contribution < -0.4 is 0 Å². The number of hydrogen-bond acceptors (Lipinski definition) is 0. The maximum Gasteiger partial charge on any atom is 0.162 e. The van der Waals surface area contributed by atoms with E-state index < -0.39 is 24.2 Å². The molecular weight excluding hydrogens is 165 g/mol. The topological polar surface area (TPSA) is 0 Å². The van der Waals surface area contributed by atoms with Crippen LogP contribution in [0.15, 0.2) is 18.2 Å². The van der Waals surface area contributed by atoms with Crippen LogP contribution in [0.5, 0.6) is 0 Å². The lowest BCUT2D eigenvalue weighted by Gasteiger charge is -2.07. The quantitative estimate of drug-likeness (QED) is 0.645. The van der Waals surface area contributed by atoms with Gasteiger partial charge in [-0.1, -0.05) is 12.1 Å². The highest BCUT2D eigenvalue weighted by molar-refractivity contribution is 5.23.